The van der Waals surface area contributed by atoms with Crippen LogP contribution in [0.15, 0.2) is 10.8 Å². The van der Waals surface area contributed by atoms with Crippen molar-refractivity contribution in [3.05, 3.63) is 17.8 Å². The number of rotatable bonds is 2. The van der Waals surface area contributed by atoms with E-state index in [-0.39, 0.29) is 12.1 Å². The van der Waals surface area contributed by atoms with Crippen LogP contribution < -0.4 is 0 Å². The first-order valence-corrected chi connectivity index (χ1v) is 3.88. The lowest BCUT2D eigenvalue weighted by molar-refractivity contribution is 0.0464. The SMILES string of the molecule is Cc1ocnc1C(=O)OC1CC1. The van der Waals surface area contributed by atoms with Gasteiger partial charge in [0.25, 0.3) is 0 Å². The molecule has 0 bridgehead atoms. The van der Waals surface area contributed by atoms with Gasteiger partial charge < -0.3 is 9.15 Å². The number of ether oxygens (including phenoxy) is 1. The number of hydrogen-bond acceptors (Lipinski definition) is 4. The Morgan fingerprint density at radius 1 is 1.75 bits per heavy atom. The van der Waals surface area contributed by atoms with Crippen molar-refractivity contribution in [2.45, 2.75) is 25.9 Å². The monoisotopic (exact) mass is 167 g/mol. The number of nitrogens with zero attached hydrogens (tertiary/aromatic N) is 1. The fraction of sp³-hybridized carbons (Fsp3) is 0.500. The Morgan fingerprint density at radius 2 is 2.50 bits per heavy atom. The first-order chi connectivity index (χ1) is 5.77. The van der Waals surface area contributed by atoms with Crippen LogP contribution in [0, 0.1) is 6.92 Å². The molecule has 0 aliphatic heterocycles. The van der Waals surface area contributed by atoms with Gasteiger partial charge >= 0.3 is 5.97 Å². The molecule has 12 heavy (non-hydrogen) atoms. The summed E-state index contributed by atoms with van der Waals surface area (Å²) >= 11 is 0. The fourth-order valence-electron chi connectivity index (χ4n) is 0.894. The summed E-state index contributed by atoms with van der Waals surface area (Å²) in [5.41, 5.74) is 0.293. The van der Waals surface area contributed by atoms with Crippen molar-refractivity contribution in [3.63, 3.8) is 0 Å². The van der Waals surface area contributed by atoms with E-state index in [1.54, 1.807) is 6.92 Å². The fourth-order valence-corrected chi connectivity index (χ4v) is 0.894. The predicted octanol–water partition coefficient (Wildman–Crippen LogP) is 1.30. The molecule has 1 heterocycles. The van der Waals surface area contributed by atoms with Gasteiger partial charge in [0, 0.05) is 0 Å². The highest BCUT2D eigenvalue weighted by atomic mass is 16.5. The molecule has 0 atom stereocenters. The zero-order chi connectivity index (χ0) is 8.55. The molecule has 1 saturated carbocycles. The average molecular weight is 167 g/mol. The Kier molecular flexibility index (Phi) is 1.60. The summed E-state index contributed by atoms with van der Waals surface area (Å²) in [5, 5.41) is 0. The quantitative estimate of drug-likeness (QED) is 0.623. The Hall–Kier alpha value is -1.32. The molecule has 0 unspecified atom stereocenters. The molecule has 0 radical (unpaired) electrons. The van der Waals surface area contributed by atoms with Crippen LogP contribution >= 0.6 is 0 Å². The zero-order valence-electron chi connectivity index (χ0n) is 6.74. The summed E-state index contributed by atoms with van der Waals surface area (Å²) in [6.45, 7) is 1.69. The van der Waals surface area contributed by atoms with Gasteiger partial charge in [-0.1, -0.05) is 0 Å². The van der Waals surface area contributed by atoms with Crippen LogP contribution in [-0.4, -0.2) is 17.1 Å². The summed E-state index contributed by atoms with van der Waals surface area (Å²) in [4.78, 5) is 15.0. The second-order valence-electron chi connectivity index (χ2n) is 2.86. The second kappa shape index (κ2) is 2.62. The van der Waals surface area contributed by atoms with Gasteiger partial charge in [-0.3, -0.25) is 0 Å². The standard InChI is InChI=1S/C8H9NO3/c1-5-7(9-4-11-5)8(10)12-6-2-3-6/h4,6H,2-3H2,1H3. The Labute approximate surface area is 69.5 Å². The second-order valence-corrected chi connectivity index (χ2v) is 2.86. The van der Waals surface area contributed by atoms with E-state index in [1.165, 1.54) is 6.39 Å². The lowest BCUT2D eigenvalue weighted by Gasteiger charge is -1.98. The van der Waals surface area contributed by atoms with E-state index in [9.17, 15) is 4.79 Å². The molecule has 0 saturated heterocycles. The van der Waals surface area contributed by atoms with E-state index >= 15 is 0 Å². The summed E-state index contributed by atoms with van der Waals surface area (Å²) < 4.78 is 9.90. The topological polar surface area (TPSA) is 52.3 Å². The van der Waals surface area contributed by atoms with Gasteiger partial charge in [0.05, 0.1) is 0 Å². The largest absolute Gasteiger partial charge is 0.458 e. The van der Waals surface area contributed by atoms with Crippen LogP contribution in [-0.2, 0) is 4.74 Å². The highest BCUT2D eigenvalue weighted by Crippen LogP contribution is 2.24. The van der Waals surface area contributed by atoms with Crippen LogP contribution in [0.3, 0.4) is 0 Å². The van der Waals surface area contributed by atoms with Gasteiger partial charge in [-0.25, -0.2) is 9.78 Å². The normalized spacial score (nSPS) is 16.1. The Morgan fingerprint density at radius 3 is 3.00 bits per heavy atom. The van der Waals surface area contributed by atoms with Crippen LogP contribution in [0.5, 0.6) is 0 Å². The van der Waals surface area contributed by atoms with Gasteiger partial charge in [0.15, 0.2) is 12.1 Å². The minimum absolute atomic E-state index is 0.119. The third-order valence-corrected chi connectivity index (χ3v) is 1.74. The van der Waals surface area contributed by atoms with E-state index in [4.69, 9.17) is 9.15 Å². The first kappa shape index (κ1) is 7.34. The van der Waals surface area contributed by atoms with Gasteiger partial charge in [0.2, 0.25) is 0 Å². The number of aromatic nitrogens is 1. The molecule has 1 aromatic rings. The average Bonchev–Trinajstić information content (AvgIpc) is 2.72. The Bertz CT molecular complexity index is 301. The zero-order valence-corrected chi connectivity index (χ0v) is 6.74. The molecular formula is C8H9NO3. The van der Waals surface area contributed by atoms with Crippen molar-refractivity contribution in [2.24, 2.45) is 0 Å². The van der Waals surface area contributed by atoms with Crippen molar-refractivity contribution in [1.29, 1.82) is 0 Å². The van der Waals surface area contributed by atoms with Crippen molar-refractivity contribution in [1.82, 2.24) is 4.98 Å². The summed E-state index contributed by atoms with van der Waals surface area (Å²) in [7, 11) is 0. The smallest absolute Gasteiger partial charge is 0.360 e. The number of aryl methyl sites for hydroxylation is 1. The number of oxazole rings is 1. The molecule has 0 N–H and O–H groups in total. The van der Waals surface area contributed by atoms with Crippen molar-refractivity contribution in [2.75, 3.05) is 0 Å². The van der Waals surface area contributed by atoms with Gasteiger partial charge in [-0.05, 0) is 19.8 Å². The number of esters is 1. The number of carbonyl (C=O) groups excluding carboxylic acids is 1. The highest BCUT2D eigenvalue weighted by Gasteiger charge is 2.28. The van der Waals surface area contributed by atoms with Crippen molar-refractivity contribution in [3.8, 4) is 0 Å². The maximum atomic E-state index is 11.2. The molecule has 0 amide bonds. The van der Waals surface area contributed by atoms with E-state index < -0.39 is 0 Å². The molecule has 1 aliphatic rings. The minimum Gasteiger partial charge on any atom is -0.458 e. The van der Waals surface area contributed by atoms with Crippen LogP contribution in [0.25, 0.3) is 0 Å². The lowest BCUT2D eigenvalue weighted by atomic mass is 10.4. The molecular weight excluding hydrogens is 158 g/mol. The Balaban J connectivity index is 2.07. The van der Waals surface area contributed by atoms with Gasteiger partial charge in [-0.2, -0.15) is 0 Å². The van der Waals surface area contributed by atoms with Crippen molar-refractivity contribution < 1.29 is 13.9 Å². The highest BCUT2D eigenvalue weighted by molar-refractivity contribution is 5.88. The third kappa shape index (κ3) is 1.32. The third-order valence-electron chi connectivity index (χ3n) is 1.74. The van der Waals surface area contributed by atoms with Gasteiger partial charge in [0.1, 0.15) is 11.9 Å². The van der Waals surface area contributed by atoms with Crippen LogP contribution in [0.2, 0.25) is 0 Å². The van der Waals surface area contributed by atoms with Gasteiger partial charge in [-0.15, -0.1) is 0 Å². The lowest BCUT2D eigenvalue weighted by Crippen LogP contribution is -2.08. The summed E-state index contributed by atoms with van der Waals surface area (Å²) in [6, 6.07) is 0. The molecule has 0 aromatic carbocycles. The first-order valence-electron chi connectivity index (χ1n) is 3.88. The molecule has 2 rings (SSSR count). The maximum absolute atomic E-state index is 11.2. The van der Waals surface area contributed by atoms with E-state index in [0.29, 0.717) is 11.5 Å². The molecule has 1 fully saturated rings. The molecule has 0 spiro atoms. The molecule has 64 valence electrons. The predicted molar refractivity (Wildman–Crippen MR) is 39.7 cm³/mol. The summed E-state index contributed by atoms with van der Waals surface area (Å²) in [6.07, 6.45) is 3.32. The van der Waals surface area contributed by atoms with E-state index in [0.717, 1.165) is 12.8 Å². The number of carbonyl (C=O) groups is 1. The molecule has 4 heteroatoms. The van der Waals surface area contributed by atoms with E-state index in [2.05, 4.69) is 4.98 Å². The maximum Gasteiger partial charge on any atom is 0.360 e. The summed E-state index contributed by atoms with van der Waals surface area (Å²) in [5.74, 6) is 0.143. The van der Waals surface area contributed by atoms with Crippen LogP contribution in [0.1, 0.15) is 29.1 Å². The van der Waals surface area contributed by atoms with Crippen molar-refractivity contribution >= 4 is 5.97 Å². The van der Waals surface area contributed by atoms with Crippen LogP contribution in [0.4, 0.5) is 0 Å². The minimum atomic E-state index is -0.372. The molecule has 4 nitrogen and oxygen atoms in total. The molecule has 1 aliphatic carbocycles. The molecule has 1 aromatic heterocycles. The number of hydrogen-bond donors (Lipinski definition) is 0. The van der Waals surface area contributed by atoms with E-state index in [1.807, 2.05) is 0 Å².